The van der Waals surface area contributed by atoms with Crippen LogP contribution >= 0.6 is 0 Å². The Kier molecular flexibility index (Phi) is 6.49. The minimum atomic E-state index is 0.0484. The molecule has 1 unspecified atom stereocenters. The minimum Gasteiger partial charge on any atom is -0.409 e. The highest BCUT2D eigenvalue weighted by Crippen LogP contribution is 2.08. The summed E-state index contributed by atoms with van der Waals surface area (Å²) in [5.74, 6) is 0.313. The smallest absolute Gasteiger partial charge is 0.225 e. The largest absolute Gasteiger partial charge is 0.409 e. The van der Waals surface area contributed by atoms with Crippen LogP contribution in [0.15, 0.2) is 5.16 Å². The van der Waals surface area contributed by atoms with Gasteiger partial charge in [-0.3, -0.25) is 4.79 Å². The van der Waals surface area contributed by atoms with Crippen LogP contribution in [0.5, 0.6) is 0 Å². The van der Waals surface area contributed by atoms with Gasteiger partial charge in [0.15, 0.2) is 0 Å². The van der Waals surface area contributed by atoms with Gasteiger partial charge in [-0.25, -0.2) is 0 Å². The molecule has 3 N–H and O–H groups in total. The Hall–Kier alpha value is -1.26. The van der Waals surface area contributed by atoms with Crippen LogP contribution in [-0.4, -0.2) is 35.4 Å². The van der Waals surface area contributed by atoms with Gasteiger partial charge in [-0.1, -0.05) is 25.4 Å². The topological polar surface area (TPSA) is 78.9 Å². The molecule has 0 radical (unpaired) electrons. The first-order valence-corrected chi connectivity index (χ1v) is 5.24. The number of nitrogens with zero attached hydrogens (tertiary/aromatic N) is 2. The molecule has 15 heavy (non-hydrogen) atoms. The van der Waals surface area contributed by atoms with Crippen molar-refractivity contribution in [3.05, 3.63) is 0 Å². The van der Waals surface area contributed by atoms with Crippen molar-refractivity contribution in [1.82, 2.24) is 4.90 Å². The molecule has 5 nitrogen and oxygen atoms in total. The Morgan fingerprint density at radius 3 is 2.67 bits per heavy atom. The third-order valence-electron chi connectivity index (χ3n) is 2.35. The van der Waals surface area contributed by atoms with Gasteiger partial charge in [-0.05, 0) is 6.42 Å². The Bertz CT molecular complexity index is 229. The number of carbonyl (C=O) groups excluding carboxylic acids is 1. The van der Waals surface area contributed by atoms with Crippen LogP contribution < -0.4 is 5.73 Å². The summed E-state index contributed by atoms with van der Waals surface area (Å²) in [5.41, 5.74) is 5.32. The number of nitrogens with two attached hydrogens (primary N) is 1. The van der Waals surface area contributed by atoms with E-state index in [2.05, 4.69) is 12.1 Å². The van der Waals surface area contributed by atoms with Crippen molar-refractivity contribution in [2.45, 2.75) is 33.1 Å². The van der Waals surface area contributed by atoms with E-state index in [9.17, 15) is 4.79 Å². The summed E-state index contributed by atoms with van der Waals surface area (Å²) in [6.07, 6.45) is 2.30. The van der Waals surface area contributed by atoms with Gasteiger partial charge in [-0.15, -0.1) is 0 Å². The van der Waals surface area contributed by atoms with Crippen LogP contribution in [0.2, 0.25) is 0 Å². The van der Waals surface area contributed by atoms with Crippen molar-refractivity contribution in [1.29, 1.82) is 0 Å². The molecule has 0 aliphatic carbocycles. The van der Waals surface area contributed by atoms with E-state index in [0.717, 1.165) is 12.8 Å². The van der Waals surface area contributed by atoms with Gasteiger partial charge in [0, 0.05) is 25.9 Å². The fraction of sp³-hybridized carbons (Fsp3) is 0.800. The van der Waals surface area contributed by atoms with Crippen LogP contribution in [0.3, 0.4) is 0 Å². The first-order chi connectivity index (χ1) is 7.02. The summed E-state index contributed by atoms with van der Waals surface area (Å²) in [6, 6.07) is 0. The Balaban J connectivity index is 3.98. The number of amidine groups is 1. The van der Waals surface area contributed by atoms with Gasteiger partial charge in [0.05, 0.1) is 0 Å². The molecule has 0 spiro atoms. The van der Waals surface area contributed by atoms with Gasteiger partial charge in [0.25, 0.3) is 0 Å². The number of carbonyl (C=O) groups is 1. The van der Waals surface area contributed by atoms with Gasteiger partial charge in [0.1, 0.15) is 5.84 Å². The highest BCUT2D eigenvalue weighted by Gasteiger charge is 2.16. The van der Waals surface area contributed by atoms with Crippen LogP contribution in [0, 0.1) is 5.92 Å². The van der Waals surface area contributed by atoms with Gasteiger partial charge < -0.3 is 15.8 Å². The zero-order chi connectivity index (χ0) is 11.8. The molecule has 0 aromatic carbocycles. The van der Waals surface area contributed by atoms with E-state index in [-0.39, 0.29) is 17.7 Å². The van der Waals surface area contributed by atoms with Crippen molar-refractivity contribution in [2.75, 3.05) is 13.6 Å². The molecule has 0 fully saturated rings. The predicted octanol–water partition coefficient (Wildman–Crippen LogP) is 1.02. The van der Waals surface area contributed by atoms with Crippen molar-refractivity contribution in [3.8, 4) is 0 Å². The van der Waals surface area contributed by atoms with Gasteiger partial charge in [0.2, 0.25) is 5.91 Å². The Labute approximate surface area is 90.9 Å². The molecule has 88 valence electrons. The second kappa shape index (κ2) is 7.09. The number of rotatable bonds is 6. The molecule has 0 rings (SSSR count). The monoisotopic (exact) mass is 215 g/mol. The van der Waals surface area contributed by atoms with E-state index in [4.69, 9.17) is 10.9 Å². The fourth-order valence-electron chi connectivity index (χ4n) is 1.38. The molecule has 0 aliphatic heterocycles. The van der Waals surface area contributed by atoms with E-state index >= 15 is 0 Å². The molecular formula is C10H21N3O2. The molecular weight excluding hydrogens is 194 g/mol. The first-order valence-electron chi connectivity index (χ1n) is 5.24. The van der Waals surface area contributed by atoms with E-state index in [1.165, 1.54) is 0 Å². The van der Waals surface area contributed by atoms with E-state index in [1.807, 2.05) is 6.92 Å². The molecule has 0 bridgehead atoms. The lowest BCUT2D eigenvalue weighted by atomic mass is 10.0. The van der Waals surface area contributed by atoms with Crippen molar-refractivity contribution in [2.24, 2.45) is 16.8 Å². The van der Waals surface area contributed by atoms with E-state index < -0.39 is 0 Å². The van der Waals surface area contributed by atoms with Crippen molar-refractivity contribution < 1.29 is 10.0 Å². The fourth-order valence-corrected chi connectivity index (χ4v) is 1.38. The lowest BCUT2D eigenvalue weighted by Crippen LogP contribution is -2.34. The van der Waals surface area contributed by atoms with Crippen LogP contribution in [0.1, 0.15) is 33.1 Å². The number of amides is 1. The summed E-state index contributed by atoms with van der Waals surface area (Å²) in [7, 11) is 1.74. The average molecular weight is 215 g/mol. The highest BCUT2D eigenvalue weighted by atomic mass is 16.4. The molecule has 1 amide bonds. The summed E-state index contributed by atoms with van der Waals surface area (Å²) >= 11 is 0. The Morgan fingerprint density at radius 2 is 2.20 bits per heavy atom. The maximum absolute atomic E-state index is 11.7. The zero-order valence-electron chi connectivity index (χ0n) is 9.73. The zero-order valence-corrected chi connectivity index (χ0v) is 9.73. The summed E-state index contributed by atoms with van der Waals surface area (Å²) in [4.78, 5) is 13.3. The van der Waals surface area contributed by atoms with E-state index in [0.29, 0.717) is 13.0 Å². The lowest BCUT2D eigenvalue weighted by molar-refractivity contribution is -0.133. The SMILES string of the molecule is CCCC(C)C(=O)N(C)CC/C(N)=N/O. The first kappa shape index (κ1) is 13.7. The minimum absolute atomic E-state index is 0.0484. The Morgan fingerprint density at radius 1 is 1.60 bits per heavy atom. The molecule has 0 aromatic rings. The van der Waals surface area contributed by atoms with Crippen molar-refractivity contribution in [3.63, 3.8) is 0 Å². The quantitative estimate of drug-likeness (QED) is 0.300. The number of hydrogen-bond acceptors (Lipinski definition) is 3. The molecule has 0 heterocycles. The second-order valence-electron chi connectivity index (χ2n) is 3.79. The lowest BCUT2D eigenvalue weighted by Gasteiger charge is -2.20. The maximum Gasteiger partial charge on any atom is 0.225 e. The standard InChI is InChI=1S/C10H21N3O2/c1-4-5-8(2)10(14)13(3)7-6-9(11)12-15/h8,15H,4-7H2,1-3H3,(H2,11,12). The molecule has 1 atom stereocenters. The third-order valence-corrected chi connectivity index (χ3v) is 2.35. The highest BCUT2D eigenvalue weighted by molar-refractivity contribution is 5.81. The van der Waals surface area contributed by atoms with E-state index in [1.54, 1.807) is 11.9 Å². The summed E-state index contributed by atoms with van der Waals surface area (Å²) < 4.78 is 0. The molecule has 0 aliphatic rings. The third kappa shape index (κ3) is 5.24. The van der Waals surface area contributed by atoms with Crippen LogP contribution in [0.25, 0.3) is 0 Å². The van der Waals surface area contributed by atoms with Crippen molar-refractivity contribution >= 4 is 11.7 Å². The molecule has 5 heteroatoms. The molecule has 0 aromatic heterocycles. The summed E-state index contributed by atoms with van der Waals surface area (Å²) in [5, 5.41) is 11.2. The average Bonchev–Trinajstić information content (AvgIpc) is 2.24. The normalized spacial score (nSPS) is 13.7. The van der Waals surface area contributed by atoms with Crippen LogP contribution in [-0.2, 0) is 4.79 Å². The summed E-state index contributed by atoms with van der Waals surface area (Å²) in [6.45, 7) is 4.47. The molecule has 0 saturated carbocycles. The molecule has 0 saturated heterocycles. The second-order valence-corrected chi connectivity index (χ2v) is 3.79. The van der Waals surface area contributed by atoms with Gasteiger partial charge in [-0.2, -0.15) is 0 Å². The van der Waals surface area contributed by atoms with Gasteiger partial charge >= 0.3 is 0 Å². The maximum atomic E-state index is 11.7. The number of hydrogen-bond donors (Lipinski definition) is 2. The van der Waals surface area contributed by atoms with Crippen LogP contribution in [0.4, 0.5) is 0 Å². The predicted molar refractivity (Wildman–Crippen MR) is 59.7 cm³/mol. The number of oxime groups is 1.